The van der Waals surface area contributed by atoms with E-state index in [1.165, 1.54) is 18.9 Å². The molecule has 1 aliphatic heterocycles. The second-order valence-corrected chi connectivity index (χ2v) is 5.33. The van der Waals surface area contributed by atoms with Crippen LogP contribution >= 0.6 is 0 Å². The fraction of sp³-hybridized carbons (Fsp3) is 0.786. The highest BCUT2D eigenvalue weighted by Crippen LogP contribution is 2.18. The Morgan fingerprint density at radius 3 is 2.52 bits per heavy atom. The number of carbonyl (C=O) groups is 3. The predicted molar refractivity (Wildman–Crippen MR) is 75.7 cm³/mol. The first-order valence-corrected chi connectivity index (χ1v) is 7.17. The van der Waals surface area contributed by atoms with Crippen molar-refractivity contribution < 1.29 is 24.2 Å². The molecular weight excluding hydrogens is 276 g/mol. The number of ether oxygens (including phenoxy) is 1. The maximum Gasteiger partial charge on any atom is 0.323 e. The zero-order valence-corrected chi connectivity index (χ0v) is 12.9. The van der Waals surface area contributed by atoms with Gasteiger partial charge in [0.15, 0.2) is 0 Å². The van der Waals surface area contributed by atoms with Crippen LogP contribution in [-0.2, 0) is 19.1 Å². The molecular formula is C14H24N2O5. The van der Waals surface area contributed by atoms with Gasteiger partial charge in [-0.3, -0.25) is 14.4 Å². The fourth-order valence-electron chi connectivity index (χ4n) is 2.61. The third-order valence-electron chi connectivity index (χ3n) is 3.86. The number of carboxylic acids is 1. The molecule has 2 amide bonds. The number of aliphatic carboxylic acids is 1. The van der Waals surface area contributed by atoms with Crippen LogP contribution in [0.2, 0.25) is 0 Å². The van der Waals surface area contributed by atoms with Crippen molar-refractivity contribution in [3.63, 3.8) is 0 Å². The third-order valence-corrected chi connectivity index (χ3v) is 3.86. The van der Waals surface area contributed by atoms with E-state index >= 15 is 0 Å². The van der Waals surface area contributed by atoms with Gasteiger partial charge in [0.1, 0.15) is 12.6 Å². The lowest BCUT2D eigenvalue weighted by Gasteiger charge is -2.29. The number of carboxylic acid groups (broad SMARTS) is 1. The van der Waals surface area contributed by atoms with E-state index in [4.69, 9.17) is 9.84 Å². The van der Waals surface area contributed by atoms with Crippen molar-refractivity contribution in [1.82, 2.24) is 9.80 Å². The normalized spacial score (nSPS) is 20.5. The summed E-state index contributed by atoms with van der Waals surface area (Å²) in [5.41, 5.74) is 0. The van der Waals surface area contributed by atoms with Gasteiger partial charge in [0.05, 0.1) is 0 Å². The molecule has 120 valence electrons. The van der Waals surface area contributed by atoms with Crippen LogP contribution in [-0.4, -0.2) is 71.6 Å². The number of rotatable bonds is 5. The van der Waals surface area contributed by atoms with Gasteiger partial charge in [-0.15, -0.1) is 0 Å². The summed E-state index contributed by atoms with van der Waals surface area (Å²) in [7, 11) is 1.49. The molecule has 2 atom stereocenters. The summed E-state index contributed by atoms with van der Waals surface area (Å²) in [5.74, 6) is -1.33. The van der Waals surface area contributed by atoms with Crippen molar-refractivity contribution in [2.75, 3.05) is 26.7 Å². The molecule has 0 saturated carbocycles. The molecule has 0 aromatic heterocycles. The Kier molecular flexibility index (Phi) is 6.61. The van der Waals surface area contributed by atoms with E-state index in [9.17, 15) is 14.4 Å². The van der Waals surface area contributed by atoms with Gasteiger partial charge in [-0.05, 0) is 26.2 Å². The minimum atomic E-state index is -1.02. The van der Waals surface area contributed by atoms with E-state index in [1.807, 2.05) is 0 Å². The molecule has 0 aromatic carbocycles. The second kappa shape index (κ2) is 7.97. The highest BCUT2D eigenvalue weighted by Gasteiger charge is 2.28. The molecule has 1 rings (SSSR count). The van der Waals surface area contributed by atoms with Crippen molar-refractivity contribution in [1.29, 1.82) is 0 Å². The Balaban J connectivity index is 2.68. The van der Waals surface area contributed by atoms with Crippen molar-refractivity contribution in [2.24, 2.45) is 0 Å². The van der Waals surface area contributed by atoms with Crippen LogP contribution in [0, 0.1) is 0 Å². The highest BCUT2D eigenvalue weighted by atomic mass is 16.5. The van der Waals surface area contributed by atoms with Crippen molar-refractivity contribution in [2.45, 2.75) is 45.3 Å². The van der Waals surface area contributed by atoms with E-state index in [0.717, 1.165) is 6.42 Å². The number of hydrogen-bond donors (Lipinski definition) is 1. The monoisotopic (exact) mass is 300 g/mol. The molecule has 0 aromatic rings. The van der Waals surface area contributed by atoms with Gasteiger partial charge >= 0.3 is 5.97 Å². The summed E-state index contributed by atoms with van der Waals surface area (Å²) in [6.45, 7) is 3.92. The standard InChI is InChI=1S/C14H24N2O5/c1-10(21-3)14(20)15-7-4-5-12(6-8-15)16(11(2)17)9-13(18)19/h10,12H,4-9H2,1-3H3,(H,18,19). The van der Waals surface area contributed by atoms with Crippen LogP contribution in [0.4, 0.5) is 0 Å². The zero-order chi connectivity index (χ0) is 16.0. The molecule has 0 bridgehead atoms. The molecule has 7 nitrogen and oxygen atoms in total. The Labute approximate surface area is 124 Å². The van der Waals surface area contributed by atoms with Crippen LogP contribution in [0.15, 0.2) is 0 Å². The Morgan fingerprint density at radius 2 is 2.00 bits per heavy atom. The molecule has 1 saturated heterocycles. The van der Waals surface area contributed by atoms with Crippen molar-refractivity contribution in [3.05, 3.63) is 0 Å². The summed E-state index contributed by atoms with van der Waals surface area (Å²) >= 11 is 0. The quantitative estimate of drug-likeness (QED) is 0.791. The molecule has 0 radical (unpaired) electrons. The van der Waals surface area contributed by atoms with Crippen LogP contribution in [0.25, 0.3) is 0 Å². The summed E-state index contributed by atoms with van der Waals surface area (Å²) in [6, 6.07) is -0.130. The maximum absolute atomic E-state index is 12.1. The first-order chi connectivity index (χ1) is 9.86. The van der Waals surface area contributed by atoms with Crippen molar-refractivity contribution >= 4 is 17.8 Å². The van der Waals surface area contributed by atoms with Gasteiger partial charge < -0.3 is 19.6 Å². The molecule has 1 aliphatic rings. The number of carbonyl (C=O) groups excluding carboxylic acids is 2. The molecule has 21 heavy (non-hydrogen) atoms. The lowest BCUT2D eigenvalue weighted by molar-refractivity contribution is -0.145. The second-order valence-electron chi connectivity index (χ2n) is 5.33. The Hall–Kier alpha value is -1.63. The molecule has 1 fully saturated rings. The molecule has 7 heteroatoms. The van der Waals surface area contributed by atoms with Crippen LogP contribution in [0.1, 0.15) is 33.1 Å². The molecule has 0 spiro atoms. The van der Waals surface area contributed by atoms with Crippen molar-refractivity contribution in [3.8, 4) is 0 Å². The van der Waals surface area contributed by atoms with Gasteiger partial charge in [-0.2, -0.15) is 0 Å². The SMILES string of the molecule is COC(C)C(=O)N1CCCC(N(CC(=O)O)C(C)=O)CC1. The lowest BCUT2D eigenvalue weighted by Crippen LogP contribution is -2.43. The molecule has 1 heterocycles. The number of likely N-dealkylation sites (tertiary alicyclic amines) is 1. The number of methoxy groups -OCH3 is 1. The largest absolute Gasteiger partial charge is 0.480 e. The zero-order valence-electron chi connectivity index (χ0n) is 12.9. The summed E-state index contributed by atoms with van der Waals surface area (Å²) in [5, 5.41) is 8.90. The topological polar surface area (TPSA) is 87.2 Å². The fourth-order valence-corrected chi connectivity index (χ4v) is 2.61. The average molecular weight is 300 g/mol. The van der Waals surface area contributed by atoms with Gasteiger partial charge in [-0.1, -0.05) is 0 Å². The lowest BCUT2D eigenvalue weighted by atomic mass is 10.1. The van der Waals surface area contributed by atoms with Gasteiger partial charge in [-0.25, -0.2) is 0 Å². The van der Waals surface area contributed by atoms with Gasteiger partial charge in [0.25, 0.3) is 5.91 Å². The number of amides is 2. The van der Waals surface area contributed by atoms with E-state index in [1.54, 1.807) is 11.8 Å². The van der Waals surface area contributed by atoms with E-state index in [0.29, 0.717) is 25.9 Å². The summed E-state index contributed by atoms with van der Waals surface area (Å²) in [6.07, 6.45) is 1.56. The first-order valence-electron chi connectivity index (χ1n) is 7.17. The van der Waals surface area contributed by atoms with Crippen LogP contribution < -0.4 is 0 Å². The minimum absolute atomic E-state index is 0.0641. The Bertz CT molecular complexity index is 399. The smallest absolute Gasteiger partial charge is 0.323 e. The van der Waals surface area contributed by atoms with E-state index in [2.05, 4.69) is 0 Å². The molecule has 1 N–H and O–H groups in total. The van der Waals surface area contributed by atoms with Crippen LogP contribution in [0.3, 0.4) is 0 Å². The first kappa shape index (κ1) is 17.4. The molecule has 2 unspecified atom stereocenters. The number of nitrogens with zero attached hydrogens (tertiary/aromatic N) is 2. The molecule has 0 aliphatic carbocycles. The Morgan fingerprint density at radius 1 is 1.33 bits per heavy atom. The third kappa shape index (κ3) is 5.00. The van der Waals surface area contributed by atoms with Gasteiger partial charge in [0, 0.05) is 33.2 Å². The minimum Gasteiger partial charge on any atom is -0.480 e. The van der Waals surface area contributed by atoms with Crippen LogP contribution in [0.5, 0.6) is 0 Å². The summed E-state index contributed by atoms with van der Waals surface area (Å²) in [4.78, 5) is 37.7. The number of hydrogen-bond acceptors (Lipinski definition) is 4. The predicted octanol–water partition coefficient (Wildman–Crippen LogP) is 0.336. The maximum atomic E-state index is 12.1. The van der Waals surface area contributed by atoms with Gasteiger partial charge in [0.2, 0.25) is 5.91 Å². The summed E-state index contributed by atoms with van der Waals surface area (Å²) < 4.78 is 5.04. The highest BCUT2D eigenvalue weighted by molar-refractivity contribution is 5.81. The van der Waals surface area contributed by atoms with E-state index < -0.39 is 12.1 Å². The average Bonchev–Trinajstić information content (AvgIpc) is 2.68. The van der Waals surface area contributed by atoms with E-state index in [-0.39, 0.29) is 24.4 Å².